The Balaban J connectivity index is 2.05. The molecule has 0 aliphatic carbocycles. The minimum Gasteiger partial charge on any atom is -0.399 e. The fourth-order valence-corrected chi connectivity index (χ4v) is 2.73. The van der Waals surface area contributed by atoms with Crippen LogP contribution in [0.4, 0.5) is 5.69 Å². The molecule has 0 radical (unpaired) electrons. The van der Waals surface area contributed by atoms with Gasteiger partial charge in [0.2, 0.25) is 0 Å². The molecule has 19 heavy (non-hydrogen) atoms. The molecule has 4 heteroatoms. The van der Waals surface area contributed by atoms with E-state index in [9.17, 15) is 0 Å². The smallest absolute Gasteiger partial charge is 0.0429 e. The van der Waals surface area contributed by atoms with Gasteiger partial charge in [-0.25, -0.2) is 0 Å². The summed E-state index contributed by atoms with van der Waals surface area (Å²) in [6.45, 7) is 1.68. The van der Waals surface area contributed by atoms with Gasteiger partial charge in [0.1, 0.15) is 0 Å². The summed E-state index contributed by atoms with van der Waals surface area (Å²) >= 11 is 9.58. The van der Waals surface area contributed by atoms with E-state index >= 15 is 0 Å². The molecule has 0 saturated heterocycles. The molecule has 0 bridgehead atoms. The summed E-state index contributed by atoms with van der Waals surface area (Å²) in [5.41, 5.74) is 8.90. The lowest BCUT2D eigenvalue weighted by Gasteiger charge is -2.18. The van der Waals surface area contributed by atoms with Crippen LogP contribution in [0.1, 0.15) is 11.1 Å². The van der Waals surface area contributed by atoms with Crippen LogP contribution in [0, 0.1) is 0 Å². The van der Waals surface area contributed by atoms with Gasteiger partial charge in [-0.15, -0.1) is 0 Å². The van der Waals surface area contributed by atoms with Crippen LogP contribution in [0.2, 0.25) is 5.02 Å². The Hall–Kier alpha value is -1.03. The highest BCUT2D eigenvalue weighted by Gasteiger charge is 2.05. The highest BCUT2D eigenvalue weighted by atomic mass is 79.9. The van der Waals surface area contributed by atoms with Crippen LogP contribution in [-0.2, 0) is 13.1 Å². The Labute approximate surface area is 127 Å². The lowest BCUT2D eigenvalue weighted by molar-refractivity contribution is 0.318. The number of hydrogen-bond acceptors (Lipinski definition) is 2. The molecule has 0 aliphatic rings. The monoisotopic (exact) mass is 338 g/mol. The minimum atomic E-state index is 0.685. The maximum atomic E-state index is 6.01. The number of hydrogen-bond donors (Lipinski definition) is 1. The van der Waals surface area contributed by atoms with E-state index in [1.807, 2.05) is 24.3 Å². The van der Waals surface area contributed by atoms with Crippen LogP contribution in [0.5, 0.6) is 0 Å². The SMILES string of the molecule is CN(Cc1cc(N)cc(Cl)c1)Cc1ccccc1Br. The molecule has 2 rings (SSSR count). The van der Waals surface area contributed by atoms with Gasteiger partial charge < -0.3 is 5.73 Å². The van der Waals surface area contributed by atoms with E-state index in [0.717, 1.165) is 23.1 Å². The molecule has 2 N–H and O–H groups in total. The second kappa shape index (κ2) is 6.42. The standard InChI is InChI=1S/C15H16BrClN2/c1-19(10-12-4-2-3-5-15(12)16)9-11-6-13(17)8-14(18)7-11/h2-8H,9-10,18H2,1H3. The van der Waals surface area contributed by atoms with Crippen molar-refractivity contribution in [2.75, 3.05) is 12.8 Å². The molecule has 0 unspecified atom stereocenters. The molecular formula is C15H16BrClN2. The lowest BCUT2D eigenvalue weighted by atomic mass is 10.1. The van der Waals surface area contributed by atoms with E-state index < -0.39 is 0 Å². The van der Waals surface area contributed by atoms with Gasteiger partial charge in [0.15, 0.2) is 0 Å². The summed E-state index contributed by atoms with van der Waals surface area (Å²) in [4.78, 5) is 2.23. The topological polar surface area (TPSA) is 29.3 Å². The van der Waals surface area contributed by atoms with Crippen LogP contribution in [0.3, 0.4) is 0 Å². The average Bonchev–Trinajstić information content (AvgIpc) is 2.30. The van der Waals surface area contributed by atoms with E-state index in [2.05, 4.69) is 40.0 Å². The molecule has 100 valence electrons. The molecule has 0 amide bonds. The lowest BCUT2D eigenvalue weighted by Crippen LogP contribution is -2.17. The first-order valence-corrected chi connectivity index (χ1v) is 7.18. The van der Waals surface area contributed by atoms with Gasteiger partial charge in [-0.1, -0.05) is 45.7 Å². The Morgan fingerprint density at radius 3 is 2.58 bits per heavy atom. The van der Waals surface area contributed by atoms with Crippen molar-refractivity contribution in [2.24, 2.45) is 0 Å². The summed E-state index contributed by atoms with van der Waals surface area (Å²) < 4.78 is 1.13. The third-order valence-electron chi connectivity index (χ3n) is 2.83. The number of nitrogen functional groups attached to an aromatic ring is 1. The zero-order chi connectivity index (χ0) is 13.8. The molecule has 0 atom stereocenters. The van der Waals surface area contributed by atoms with Crippen LogP contribution >= 0.6 is 27.5 Å². The molecule has 0 aromatic heterocycles. The zero-order valence-electron chi connectivity index (χ0n) is 10.7. The third kappa shape index (κ3) is 4.23. The van der Waals surface area contributed by atoms with Crippen LogP contribution in [-0.4, -0.2) is 11.9 Å². The fourth-order valence-electron chi connectivity index (χ4n) is 2.05. The van der Waals surface area contributed by atoms with E-state index in [0.29, 0.717) is 10.7 Å². The van der Waals surface area contributed by atoms with Crippen molar-refractivity contribution in [1.82, 2.24) is 4.90 Å². The molecule has 0 saturated carbocycles. The molecule has 2 aromatic carbocycles. The first kappa shape index (κ1) is 14.4. The van der Waals surface area contributed by atoms with E-state index in [1.165, 1.54) is 5.56 Å². The quantitative estimate of drug-likeness (QED) is 0.841. The predicted octanol–water partition coefficient (Wildman–Crippen LogP) is 4.32. The first-order chi connectivity index (χ1) is 9.04. The number of anilines is 1. The number of halogens is 2. The van der Waals surface area contributed by atoms with Gasteiger partial charge in [0.05, 0.1) is 0 Å². The van der Waals surface area contributed by atoms with Gasteiger partial charge in [-0.05, 0) is 42.4 Å². The second-order valence-corrected chi connectivity index (χ2v) is 5.95. The average molecular weight is 340 g/mol. The number of benzene rings is 2. The third-order valence-corrected chi connectivity index (χ3v) is 3.82. The summed E-state index contributed by atoms with van der Waals surface area (Å²) in [5.74, 6) is 0. The largest absolute Gasteiger partial charge is 0.399 e. The van der Waals surface area contributed by atoms with Crippen molar-refractivity contribution in [3.05, 3.63) is 63.1 Å². The second-order valence-electron chi connectivity index (χ2n) is 4.66. The normalized spacial score (nSPS) is 10.9. The summed E-state index contributed by atoms with van der Waals surface area (Å²) in [6, 6.07) is 13.9. The number of nitrogens with zero attached hydrogens (tertiary/aromatic N) is 1. The van der Waals surface area contributed by atoms with Crippen LogP contribution in [0.25, 0.3) is 0 Å². The van der Waals surface area contributed by atoms with Gasteiger partial charge >= 0.3 is 0 Å². The maximum Gasteiger partial charge on any atom is 0.0429 e. The van der Waals surface area contributed by atoms with Crippen LogP contribution < -0.4 is 5.73 Å². The molecule has 0 fully saturated rings. The maximum absolute atomic E-state index is 6.01. The molecule has 0 aliphatic heterocycles. The van der Waals surface area contributed by atoms with Crippen molar-refractivity contribution in [2.45, 2.75) is 13.1 Å². The molecule has 0 spiro atoms. The Kier molecular flexibility index (Phi) is 4.86. The van der Waals surface area contributed by atoms with Gasteiger partial charge in [-0.3, -0.25) is 4.90 Å². The number of rotatable bonds is 4. The van der Waals surface area contributed by atoms with E-state index in [4.69, 9.17) is 17.3 Å². The zero-order valence-corrected chi connectivity index (χ0v) is 13.1. The number of nitrogens with two attached hydrogens (primary N) is 1. The fraction of sp³-hybridized carbons (Fsp3) is 0.200. The van der Waals surface area contributed by atoms with Crippen LogP contribution in [0.15, 0.2) is 46.9 Å². The summed E-state index contributed by atoms with van der Waals surface area (Å²) in [7, 11) is 2.08. The summed E-state index contributed by atoms with van der Waals surface area (Å²) in [6.07, 6.45) is 0. The Morgan fingerprint density at radius 1 is 1.16 bits per heavy atom. The predicted molar refractivity (Wildman–Crippen MR) is 85.2 cm³/mol. The van der Waals surface area contributed by atoms with Gasteiger partial charge in [0, 0.05) is 28.3 Å². The van der Waals surface area contributed by atoms with Crippen molar-refractivity contribution in [3.8, 4) is 0 Å². The molecule has 2 nitrogen and oxygen atoms in total. The van der Waals surface area contributed by atoms with E-state index in [-0.39, 0.29) is 0 Å². The molecule has 2 aromatic rings. The molecule has 0 heterocycles. The highest BCUT2D eigenvalue weighted by molar-refractivity contribution is 9.10. The summed E-state index contributed by atoms with van der Waals surface area (Å²) in [5, 5.41) is 0.685. The van der Waals surface area contributed by atoms with Crippen molar-refractivity contribution < 1.29 is 0 Å². The highest BCUT2D eigenvalue weighted by Crippen LogP contribution is 2.20. The molecular weight excluding hydrogens is 324 g/mol. The van der Waals surface area contributed by atoms with Crippen molar-refractivity contribution in [3.63, 3.8) is 0 Å². The van der Waals surface area contributed by atoms with Gasteiger partial charge in [-0.2, -0.15) is 0 Å². The van der Waals surface area contributed by atoms with Crippen molar-refractivity contribution >= 4 is 33.2 Å². The minimum absolute atomic E-state index is 0.685. The first-order valence-electron chi connectivity index (χ1n) is 6.01. The van der Waals surface area contributed by atoms with E-state index in [1.54, 1.807) is 6.07 Å². The van der Waals surface area contributed by atoms with Gasteiger partial charge in [0.25, 0.3) is 0 Å². The Bertz CT molecular complexity index is 552. The van der Waals surface area contributed by atoms with Crippen molar-refractivity contribution in [1.29, 1.82) is 0 Å². The Morgan fingerprint density at radius 2 is 1.89 bits per heavy atom.